The fourth-order valence-electron chi connectivity index (χ4n) is 3.02. The number of anilines is 1. The summed E-state index contributed by atoms with van der Waals surface area (Å²) in [6.07, 6.45) is -0.718. The largest absolute Gasteiger partial charge is 0.444 e. The molecule has 31 heavy (non-hydrogen) atoms. The molecule has 0 fully saturated rings. The summed E-state index contributed by atoms with van der Waals surface area (Å²) in [6.45, 7) is 5.39. The van der Waals surface area contributed by atoms with Crippen molar-refractivity contribution in [3.05, 3.63) is 54.3 Å². The SMILES string of the molecule is CC(C)(C)c1[nH]ncc1CN(c1ccc(-c2cnco2)cc1)S(=O)(=O)CC(F)(F)F.Cl. The van der Waals surface area contributed by atoms with E-state index in [1.54, 1.807) is 12.1 Å². The van der Waals surface area contributed by atoms with Gasteiger partial charge in [-0.25, -0.2) is 13.4 Å². The quantitative estimate of drug-likeness (QED) is 0.555. The van der Waals surface area contributed by atoms with E-state index in [1.165, 1.54) is 30.9 Å². The number of aromatic amines is 1. The van der Waals surface area contributed by atoms with Gasteiger partial charge in [-0.1, -0.05) is 20.8 Å². The van der Waals surface area contributed by atoms with Crippen molar-refractivity contribution in [2.45, 2.75) is 38.9 Å². The van der Waals surface area contributed by atoms with Gasteiger partial charge >= 0.3 is 6.18 Å². The third-order valence-electron chi connectivity index (χ3n) is 4.34. The molecule has 7 nitrogen and oxygen atoms in total. The van der Waals surface area contributed by atoms with Crippen LogP contribution in [0.1, 0.15) is 32.0 Å². The highest BCUT2D eigenvalue weighted by molar-refractivity contribution is 7.92. The number of nitrogens with one attached hydrogen (secondary N) is 1. The first-order valence-corrected chi connectivity index (χ1v) is 10.6. The molecule has 3 aromatic rings. The van der Waals surface area contributed by atoms with Crippen LogP contribution in [0.3, 0.4) is 0 Å². The van der Waals surface area contributed by atoms with Crippen LogP contribution in [0.5, 0.6) is 0 Å². The van der Waals surface area contributed by atoms with Crippen LogP contribution in [0.4, 0.5) is 18.9 Å². The minimum Gasteiger partial charge on any atom is -0.444 e. The van der Waals surface area contributed by atoms with Gasteiger partial charge in [0, 0.05) is 22.2 Å². The lowest BCUT2D eigenvalue weighted by molar-refractivity contribution is -0.106. The molecule has 1 aromatic carbocycles. The van der Waals surface area contributed by atoms with E-state index in [1.807, 2.05) is 20.8 Å². The first-order chi connectivity index (χ1) is 13.9. The van der Waals surface area contributed by atoms with E-state index in [2.05, 4.69) is 15.2 Å². The maximum absolute atomic E-state index is 13.0. The molecule has 0 unspecified atom stereocenters. The van der Waals surface area contributed by atoms with Crippen LogP contribution in [0.15, 0.2) is 47.5 Å². The van der Waals surface area contributed by atoms with Gasteiger partial charge in [0.05, 0.1) is 24.6 Å². The van der Waals surface area contributed by atoms with E-state index in [0.29, 0.717) is 22.6 Å². The van der Waals surface area contributed by atoms with Crippen molar-refractivity contribution in [3.8, 4) is 11.3 Å². The summed E-state index contributed by atoms with van der Waals surface area (Å²) in [6, 6.07) is 5.99. The smallest absolute Gasteiger partial charge is 0.404 e. The Morgan fingerprint density at radius 3 is 2.26 bits per heavy atom. The first kappa shape index (κ1) is 24.7. The molecule has 12 heteroatoms. The summed E-state index contributed by atoms with van der Waals surface area (Å²) in [5.74, 6) is -1.51. The highest BCUT2D eigenvalue weighted by atomic mass is 35.5. The van der Waals surface area contributed by atoms with Gasteiger partial charge in [0.15, 0.2) is 17.9 Å². The minimum absolute atomic E-state index is 0. The van der Waals surface area contributed by atoms with Crippen molar-refractivity contribution in [2.75, 3.05) is 10.1 Å². The Bertz CT molecular complexity index is 1090. The third kappa shape index (κ3) is 6.01. The van der Waals surface area contributed by atoms with Crippen molar-refractivity contribution in [1.29, 1.82) is 0 Å². The Morgan fingerprint density at radius 1 is 1.10 bits per heavy atom. The number of benzene rings is 1. The Morgan fingerprint density at radius 2 is 1.74 bits per heavy atom. The highest BCUT2D eigenvalue weighted by Gasteiger charge is 2.39. The fraction of sp³-hybridized carbons (Fsp3) is 0.368. The number of H-pyrrole nitrogens is 1. The van der Waals surface area contributed by atoms with Crippen LogP contribution in [0, 0.1) is 0 Å². The number of halogens is 4. The predicted molar refractivity (Wildman–Crippen MR) is 112 cm³/mol. The monoisotopic (exact) mass is 478 g/mol. The van der Waals surface area contributed by atoms with E-state index in [-0.39, 0.29) is 24.6 Å². The van der Waals surface area contributed by atoms with Gasteiger partial charge in [-0.3, -0.25) is 9.40 Å². The molecule has 0 aliphatic rings. The summed E-state index contributed by atoms with van der Waals surface area (Å²) in [5.41, 5.74) is 1.45. The number of rotatable bonds is 6. The van der Waals surface area contributed by atoms with Crippen LogP contribution in [0.2, 0.25) is 0 Å². The number of aromatic nitrogens is 3. The van der Waals surface area contributed by atoms with Gasteiger partial charge in [0.2, 0.25) is 10.0 Å². The predicted octanol–water partition coefficient (Wildman–Crippen LogP) is 4.68. The summed E-state index contributed by atoms with van der Waals surface area (Å²) in [4.78, 5) is 3.81. The number of hydrogen-bond acceptors (Lipinski definition) is 5. The fourth-order valence-corrected chi connectivity index (χ4v) is 4.37. The third-order valence-corrected chi connectivity index (χ3v) is 6.04. The first-order valence-electron chi connectivity index (χ1n) is 8.96. The Balaban J connectivity index is 0.00000341. The standard InChI is InChI=1S/C19H21F3N4O3S.ClH/c1-18(2,3)17-14(8-24-25-17)10-26(30(27,28)11-19(20,21)22)15-6-4-13(5-7-15)16-9-23-12-29-16;/h4-9,12H,10-11H2,1-3H3,(H,24,25);1H. The molecule has 2 aromatic heterocycles. The zero-order valence-electron chi connectivity index (χ0n) is 17.0. The zero-order valence-corrected chi connectivity index (χ0v) is 18.6. The maximum atomic E-state index is 13.0. The molecule has 0 spiro atoms. The molecule has 0 aliphatic heterocycles. The van der Waals surface area contributed by atoms with Crippen molar-refractivity contribution >= 4 is 28.1 Å². The Labute approximate surface area is 184 Å². The molecule has 0 saturated heterocycles. The topological polar surface area (TPSA) is 92.1 Å². The highest BCUT2D eigenvalue weighted by Crippen LogP contribution is 2.31. The number of alkyl halides is 3. The zero-order chi connectivity index (χ0) is 22.2. The van der Waals surface area contributed by atoms with E-state index in [0.717, 1.165) is 4.31 Å². The van der Waals surface area contributed by atoms with Crippen LogP contribution in [-0.2, 0) is 22.0 Å². The average molecular weight is 479 g/mol. The molecule has 3 rings (SSSR count). The molecule has 1 N–H and O–H groups in total. The maximum Gasteiger partial charge on any atom is 0.404 e. The lowest BCUT2D eigenvalue weighted by Crippen LogP contribution is -2.38. The summed E-state index contributed by atoms with van der Waals surface area (Å²) in [5, 5.41) is 6.77. The van der Waals surface area contributed by atoms with E-state index in [4.69, 9.17) is 4.42 Å². The van der Waals surface area contributed by atoms with Crippen LogP contribution < -0.4 is 4.31 Å². The Hall–Kier alpha value is -2.53. The second-order valence-electron chi connectivity index (χ2n) is 7.81. The number of oxazole rings is 1. The normalized spacial score (nSPS) is 12.5. The van der Waals surface area contributed by atoms with E-state index >= 15 is 0 Å². The Kier molecular flexibility index (Phi) is 7.11. The van der Waals surface area contributed by atoms with Crippen molar-refractivity contribution in [2.24, 2.45) is 0 Å². The van der Waals surface area contributed by atoms with Gasteiger partial charge in [-0.05, 0) is 24.3 Å². The molecule has 0 amide bonds. The molecule has 0 aliphatic carbocycles. The molecule has 170 valence electrons. The second kappa shape index (κ2) is 8.91. The van der Waals surface area contributed by atoms with Crippen LogP contribution in [-0.4, -0.2) is 35.5 Å². The van der Waals surface area contributed by atoms with Gasteiger partial charge in [-0.2, -0.15) is 18.3 Å². The van der Waals surface area contributed by atoms with Crippen molar-refractivity contribution < 1.29 is 26.0 Å². The summed E-state index contributed by atoms with van der Waals surface area (Å²) >= 11 is 0. The molecule has 0 saturated carbocycles. The summed E-state index contributed by atoms with van der Waals surface area (Å²) in [7, 11) is -4.71. The number of sulfonamides is 1. The molecule has 0 atom stereocenters. The van der Waals surface area contributed by atoms with E-state index in [9.17, 15) is 21.6 Å². The minimum atomic E-state index is -4.87. The van der Waals surface area contributed by atoms with Crippen LogP contribution >= 0.6 is 12.4 Å². The van der Waals surface area contributed by atoms with Gasteiger partial charge in [-0.15, -0.1) is 12.4 Å². The van der Waals surface area contributed by atoms with Gasteiger partial charge in [0.1, 0.15) is 0 Å². The molecule has 2 heterocycles. The van der Waals surface area contributed by atoms with Crippen molar-refractivity contribution in [3.63, 3.8) is 0 Å². The molecular weight excluding hydrogens is 457 g/mol. The lowest BCUT2D eigenvalue weighted by Gasteiger charge is -2.27. The second-order valence-corrected chi connectivity index (χ2v) is 9.70. The summed E-state index contributed by atoms with van der Waals surface area (Å²) < 4.78 is 70.3. The number of hydrogen-bond donors (Lipinski definition) is 1. The molecule has 0 radical (unpaired) electrons. The van der Waals surface area contributed by atoms with Crippen LogP contribution in [0.25, 0.3) is 11.3 Å². The molecule has 0 bridgehead atoms. The van der Waals surface area contributed by atoms with Gasteiger partial charge in [0.25, 0.3) is 0 Å². The van der Waals surface area contributed by atoms with E-state index < -0.39 is 27.4 Å². The number of nitrogens with zero attached hydrogens (tertiary/aromatic N) is 3. The molecular formula is C19H22ClF3N4O3S. The lowest BCUT2D eigenvalue weighted by atomic mass is 9.89. The average Bonchev–Trinajstić information content (AvgIpc) is 3.29. The van der Waals surface area contributed by atoms with Gasteiger partial charge < -0.3 is 4.42 Å². The van der Waals surface area contributed by atoms with Crippen molar-refractivity contribution in [1.82, 2.24) is 15.2 Å².